The van der Waals surface area contributed by atoms with Gasteiger partial charge in [0, 0.05) is 20.0 Å². The van der Waals surface area contributed by atoms with E-state index < -0.39 is 24.0 Å². The summed E-state index contributed by atoms with van der Waals surface area (Å²) in [6.45, 7) is 0.632. The van der Waals surface area contributed by atoms with E-state index in [2.05, 4.69) is 5.32 Å². The number of hydrogen-bond acceptors (Lipinski definition) is 3. The fraction of sp³-hybridized carbons (Fsp3) is 0.769. The third-order valence-corrected chi connectivity index (χ3v) is 3.58. The molecule has 0 radical (unpaired) electrons. The lowest BCUT2D eigenvalue weighted by atomic mass is 9.85. The summed E-state index contributed by atoms with van der Waals surface area (Å²) < 4.78 is 0. The quantitative estimate of drug-likeness (QED) is 0.620. The van der Waals surface area contributed by atoms with Crippen LogP contribution >= 0.6 is 0 Å². The molecule has 0 spiro atoms. The number of rotatable bonds is 8. The van der Waals surface area contributed by atoms with Gasteiger partial charge in [0.05, 0.1) is 0 Å². The molecule has 20 heavy (non-hydrogen) atoms. The van der Waals surface area contributed by atoms with Crippen molar-refractivity contribution in [3.05, 3.63) is 0 Å². The molecule has 0 aromatic carbocycles. The van der Waals surface area contributed by atoms with Crippen molar-refractivity contribution in [3.63, 3.8) is 0 Å². The number of amides is 2. The van der Waals surface area contributed by atoms with Crippen molar-refractivity contribution in [2.75, 3.05) is 13.6 Å². The topological polar surface area (TPSA) is 107 Å². The van der Waals surface area contributed by atoms with Crippen molar-refractivity contribution in [2.24, 2.45) is 5.92 Å². The minimum atomic E-state index is -1.14. The molecule has 3 N–H and O–H groups in total. The lowest BCUT2D eigenvalue weighted by Gasteiger charge is -2.30. The summed E-state index contributed by atoms with van der Waals surface area (Å²) in [5, 5.41) is 20.0. The molecule has 1 aliphatic carbocycles. The van der Waals surface area contributed by atoms with Crippen molar-refractivity contribution in [3.8, 4) is 0 Å². The molecule has 1 aliphatic rings. The van der Waals surface area contributed by atoms with Crippen molar-refractivity contribution < 1.29 is 24.6 Å². The Bertz CT molecular complexity index is 368. The molecule has 0 bridgehead atoms. The fourth-order valence-electron chi connectivity index (χ4n) is 2.12. The molecule has 7 nitrogen and oxygen atoms in total. The maximum absolute atomic E-state index is 11.9. The van der Waals surface area contributed by atoms with E-state index in [1.54, 1.807) is 7.05 Å². The largest absolute Gasteiger partial charge is 0.481 e. The Morgan fingerprint density at radius 1 is 1.30 bits per heavy atom. The zero-order valence-corrected chi connectivity index (χ0v) is 11.7. The Labute approximate surface area is 117 Å². The minimum absolute atomic E-state index is 0.0996. The van der Waals surface area contributed by atoms with E-state index in [-0.39, 0.29) is 19.3 Å². The van der Waals surface area contributed by atoms with Crippen LogP contribution in [-0.2, 0) is 9.59 Å². The molecule has 1 atom stereocenters. The van der Waals surface area contributed by atoms with Gasteiger partial charge in [-0.3, -0.25) is 4.79 Å². The first-order valence-electron chi connectivity index (χ1n) is 6.86. The number of urea groups is 1. The predicted octanol–water partition coefficient (Wildman–Crippen LogP) is 1.14. The van der Waals surface area contributed by atoms with E-state index in [9.17, 15) is 14.4 Å². The smallest absolute Gasteiger partial charge is 0.326 e. The van der Waals surface area contributed by atoms with Gasteiger partial charge in [0.2, 0.25) is 0 Å². The molecule has 0 unspecified atom stereocenters. The van der Waals surface area contributed by atoms with Crippen LogP contribution in [0.2, 0.25) is 0 Å². The third-order valence-electron chi connectivity index (χ3n) is 3.58. The van der Waals surface area contributed by atoms with Crippen molar-refractivity contribution >= 4 is 18.0 Å². The zero-order valence-electron chi connectivity index (χ0n) is 11.7. The van der Waals surface area contributed by atoms with E-state index in [1.165, 1.54) is 11.3 Å². The van der Waals surface area contributed by atoms with Crippen LogP contribution in [0.4, 0.5) is 4.79 Å². The molecular formula is C13H22N2O5. The number of carboxylic acid groups (broad SMARTS) is 2. The summed E-state index contributed by atoms with van der Waals surface area (Å²) in [5.74, 6) is -1.59. The number of carboxylic acids is 2. The third kappa shape index (κ3) is 5.46. The summed E-state index contributed by atoms with van der Waals surface area (Å²) in [7, 11) is 1.64. The summed E-state index contributed by atoms with van der Waals surface area (Å²) in [6, 6.07) is -1.45. The Balaban J connectivity index is 2.36. The highest BCUT2D eigenvalue weighted by Crippen LogP contribution is 2.26. The highest BCUT2D eigenvalue weighted by atomic mass is 16.4. The van der Waals surface area contributed by atoms with Gasteiger partial charge in [-0.25, -0.2) is 9.59 Å². The first-order chi connectivity index (χ1) is 9.40. The first-order valence-corrected chi connectivity index (χ1v) is 6.86. The highest BCUT2D eigenvalue weighted by Gasteiger charge is 2.25. The van der Waals surface area contributed by atoms with Gasteiger partial charge in [0.15, 0.2) is 0 Å². The molecule has 7 heteroatoms. The average Bonchev–Trinajstić information content (AvgIpc) is 2.31. The van der Waals surface area contributed by atoms with E-state index in [4.69, 9.17) is 10.2 Å². The monoisotopic (exact) mass is 286 g/mol. The second kappa shape index (κ2) is 7.72. The zero-order chi connectivity index (χ0) is 15.1. The van der Waals surface area contributed by atoms with Gasteiger partial charge in [-0.15, -0.1) is 0 Å². The molecular weight excluding hydrogens is 264 g/mol. The summed E-state index contributed by atoms with van der Waals surface area (Å²) in [6.07, 6.45) is 3.64. The average molecular weight is 286 g/mol. The number of hydrogen-bond donors (Lipinski definition) is 3. The first kappa shape index (κ1) is 16.3. The van der Waals surface area contributed by atoms with E-state index in [0.29, 0.717) is 12.5 Å². The normalized spacial score (nSPS) is 16.1. The molecule has 0 heterocycles. The lowest BCUT2D eigenvalue weighted by molar-refractivity contribution is -0.140. The van der Waals surface area contributed by atoms with E-state index in [1.807, 2.05) is 0 Å². The number of carbonyl (C=O) groups excluding carboxylic acids is 1. The maximum atomic E-state index is 11.9. The fourth-order valence-corrected chi connectivity index (χ4v) is 2.12. The van der Waals surface area contributed by atoms with Crippen LogP contribution in [0, 0.1) is 5.92 Å². The lowest BCUT2D eigenvalue weighted by Crippen LogP contribution is -2.48. The number of carbonyl (C=O) groups is 3. The molecule has 0 aliphatic heterocycles. The van der Waals surface area contributed by atoms with Crippen LogP contribution in [0.1, 0.15) is 38.5 Å². The van der Waals surface area contributed by atoms with Crippen LogP contribution in [-0.4, -0.2) is 52.7 Å². The van der Waals surface area contributed by atoms with Crippen molar-refractivity contribution in [1.82, 2.24) is 10.2 Å². The summed E-state index contributed by atoms with van der Waals surface area (Å²) >= 11 is 0. The molecule has 1 rings (SSSR count). The second-order valence-electron chi connectivity index (χ2n) is 5.30. The maximum Gasteiger partial charge on any atom is 0.326 e. The SMILES string of the molecule is CN(CC1CCC1)C(=O)N[C@H](CCCC(=O)O)C(=O)O. The number of aliphatic carboxylic acids is 2. The summed E-state index contributed by atoms with van der Waals surface area (Å²) in [5.41, 5.74) is 0. The number of nitrogens with one attached hydrogen (secondary N) is 1. The Hall–Kier alpha value is -1.79. The Kier molecular flexibility index (Phi) is 6.27. The standard InChI is InChI=1S/C13H22N2O5/c1-15(8-9-4-2-5-9)13(20)14-10(12(18)19)6-3-7-11(16)17/h9-10H,2-8H2,1H3,(H,14,20)(H,16,17)(H,18,19)/t10-/m1/s1. The van der Waals surface area contributed by atoms with Gasteiger partial charge < -0.3 is 20.4 Å². The second-order valence-corrected chi connectivity index (χ2v) is 5.30. The van der Waals surface area contributed by atoms with Gasteiger partial charge in [0.25, 0.3) is 0 Å². The molecule has 1 saturated carbocycles. The van der Waals surface area contributed by atoms with E-state index >= 15 is 0 Å². The van der Waals surface area contributed by atoms with Crippen LogP contribution in [0.5, 0.6) is 0 Å². The van der Waals surface area contributed by atoms with Gasteiger partial charge in [-0.2, -0.15) is 0 Å². The molecule has 1 fully saturated rings. The minimum Gasteiger partial charge on any atom is -0.481 e. The summed E-state index contributed by atoms with van der Waals surface area (Å²) in [4.78, 5) is 34.8. The molecule has 2 amide bonds. The highest BCUT2D eigenvalue weighted by molar-refractivity contribution is 5.82. The van der Waals surface area contributed by atoms with Gasteiger partial charge in [-0.1, -0.05) is 6.42 Å². The molecule has 0 aromatic rings. The molecule has 114 valence electrons. The van der Waals surface area contributed by atoms with Crippen LogP contribution < -0.4 is 5.32 Å². The van der Waals surface area contributed by atoms with Crippen molar-refractivity contribution in [1.29, 1.82) is 0 Å². The Morgan fingerprint density at radius 2 is 1.95 bits per heavy atom. The Morgan fingerprint density at radius 3 is 2.40 bits per heavy atom. The van der Waals surface area contributed by atoms with Crippen LogP contribution in [0.15, 0.2) is 0 Å². The van der Waals surface area contributed by atoms with E-state index in [0.717, 1.165) is 12.8 Å². The van der Waals surface area contributed by atoms with Crippen LogP contribution in [0.25, 0.3) is 0 Å². The van der Waals surface area contributed by atoms with Crippen LogP contribution in [0.3, 0.4) is 0 Å². The van der Waals surface area contributed by atoms with Gasteiger partial charge in [-0.05, 0) is 31.6 Å². The predicted molar refractivity (Wildman–Crippen MR) is 71.4 cm³/mol. The van der Waals surface area contributed by atoms with Crippen molar-refractivity contribution in [2.45, 2.75) is 44.6 Å². The molecule has 0 aromatic heterocycles. The van der Waals surface area contributed by atoms with Gasteiger partial charge >= 0.3 is 18.0 Å². The number of nitrogens with zero attached hydrogens (tertiary/aromatic N) is 1. The molecule has 0 saturated heterocycles. The van der Waals surface area contributed by atoms with Gasteiger partial charge in [0.1, 0.15) is 6.04 Å².